The zero-order valence-electron chi connectivity index (χ0n) is 8.65. The van der Waals surface area contributed by atoms with Gasteiger partial charge in [0.15, 0.2) is 11.6 Å². The van der Waals surface area contributed by atoms with E-state index in [0.717, 1.165) is 24.3 Å². The van der Waals surface area contributed by atoms with Gasteiger partial charge in [0.2, 0.25) is 0 Å². The molecule has 8 heteroatoms. The van der Waals surface area contributed by atoms with Crippen LogP contribution < -0.4 is 0 Å². The monoisotopic (exact) mass is 248 g/mol. The second-order valence-corrected chi connectivity index (χ2v) is 3.43. The second kappa shape index (κ2) is 3.84. The third-order valence-electron chi connectivity index (χ3n) is 2.43. The molecule has 0 fully saturated rings. The topological polar surface area (TPSA) is 120 Å². The van der Waals surface area contributed by atoms with Crippen molar-refractivity contribution < 1.29 is 19.4 Å². The fraction of sp³-hybridized carbons (Fsp3) is 0. The van der Waals surface area contributed by atoms with Crippen LogP contribution in [0.2, 0.25) is 0 Å². The number of nitrogens with zero attached hydrogens (tertiary/aromatic N) is 2. The molecule has 18 heavy (non-hydrogen) atoms. The number of hydrogen-bond donors (Lipinski definition) is 0. The maximum atomic E-state index is 11.6. The number of ketones is 2. The minimum absolute atomic E-state index is 0.526. The van der Waals surface area contributed by atoms with Crippen molar-refractivity contribution >= 4 is 11.6 Å². The van der Waals surface area contributed by atoms with Gasteiger partial charge in [-0.3, -0.25) is 29.8 Å². The Balaban J connectivity index is 2.82. The molecule has 0 saturated heterocycles. The molecule has 8 nitrogen and oxygen atoms in total. The lowest BCUT2D eigenvalue weighted by Gasteiger charge is -2.13. The molecule has 2 aliphatic carbocycles. The first-order valence-electron chi connectivity index (χ1n) is 4.66. The van der Waals surface area contributed by atoms with E-state index in [1.165, 1.54) is 0 Å². The van der Waals surface area contributed by atoms with Gasteiger partial charge in [0.25, 0.3) is 11.4 Å². The third kappa shape index (κ3) is 1.56. The first-order chi connectivity index (χ1) is 8.43. The van der Waals surface area contributed by atoms with E-state index in [4.69, 9.17) is 0 Å². The summed E-state index contributed by atoms with van der Waals surface area (Å²) in [6.45, 7) is 0. The number of hydrogen-bond acceptors (Lipinski definition) is 6. The molecule has 0 heterocycles. The predicted molar refractivity (Wildman–Crippen MR) is 56.3 cm³/mol. The van der Waals surface area contributed by atoms with Gasteiger partial charge in [-0.25, -0.2) is 0 Å². The highest BCUT2D eigenvalue weighted by Gasteiger charge is 2.39. The fourth-order valence-corrected chi connectivity index (χ4v) is 1.70. The van der Waals surface area contributed by atoms with Gasteiger partial charge in [-0.05, 0) is 12.2 Å². The van der Waals surface area contributed by atoms with Crippen LogP contribution in [0, 0.1) is 20.2 Å². The summed E-state index contributed by atoms with van der Waals surface area (Å²) < 4.78 is 0. The summed E-state index contributed by atoms with van der Waals surface area (Å²) in [6.07, 6.45) is 3.42. The number of carbonyl (C=O) groups excluding carboxylic acids is 2. The summed E-state index contributed by atoms with van der Waals surface area (Å²) in [7, 11) is 0. The normalized spacial score (nSPS) is 18.2. The number of allylic oxidation sites excluding steroid dienone is 6. The van der Waals surface area contributed by atoms with Crippen LogP contribution in [0.15, 0.2) is 46.8 Å². The van der Waals surface area contributed by atoms with Crippen LogP contribution in [-0.4, -0.2) is 21.4 Å². The van der Waals surface area contributed by atoms with Crippen molar-refractivity contribution in [1.29, 1.82) is 0 Å². The Labute approximate surface area is 98.9 Å². The van der Waals surface area contributed by atoms with Gasteiger partial charge in [0, 0.05) is 12.2 Å². The molecule has 0 atom stereocenters. The van der Waals surface area contributed by atoms with Gasteiger partial charge in [-0.15, -0.1) is 0 Å². The van der Waals surface area contributed by atoms with Crippen molar-refractivity contribution in [2.24, 2.45) is 0 Å². The largest absolute Gasteiger partial charge is 0.289 e. The molecule has 0 bridgehead atoms. The smallest absolute Gasteiger partial charge is 0.281 e. The lowest BCUT2D eigenvalue weighted by atomic mass is 9.87. The molecule has 90 valence electrons. The van der Waals surface area contributed by atoms with Crippen LogP contribution in [0.1, 0.15) is 0 Å². The molecule has 0 N–H and O–H groups in total. The number of nitro groups is 2. The van der Waals surface area contributed by atoms with E-state index in [0.29, 0.717) is 0 Å². The molecular weight excluding hydrogens is 244 g/mol. The first-order valence-corrected chi connectivity index (χ1v) is 4.66. The maximum Gasteiger partial charge on any atom is 0.281 e. The highest BCUT2D eigenvalue weighted by atomic mass is 16.6. The highest BCUT2D eigenvalue weighted by Crippen LogP contribution is 2.30. The number of carbonyl (C=O) groups is 2. The standard InChI is InChI=1S/C10H4N2O6/c13-7-3-1-5(11(15)16)9-8(14)4-2-6(10(7)9)12(17)18/h1-4H. The molecule has 0 saturated carbocycles. The Morgan fingerprint density at radius 2 is 1.06 bits per heavy atom. The fourth-order valence-electron chi connectivity index (χ4n) is 1.70. The molecule has 0 radical (unpaired) electrons. The Kier molecular flexibility index (Phi) is 2.47. The molecule has 2 aliphatic rings. The van der Waals surface area contributed by atoms with E-state index in [2.05, 4.69) is 0 Å². The van der Waals surface area contributed by atoms with E-state index in [-0.39, 0.29) is 0 Å². The van der Waals surface area contributed by atoms with Gasteiger partial charge in [0.05, 0.1) is 9.85 Å². The third-order valence-corrected chi connectivity index (χ3v) is 2.43. The van der Waals surface area contributed by atoms with Gasteiger partial charge in [-0.1, -0.05) is 0 Å². The van der Waals surface area contributed by atoms with E-state index in [1.807, 2.05) is 0 Å². The van der Waals surface area contributed by atoms with Crippen LogP contribution in [0.25, 0.3) is 0 Å². The average Bonchev–Trinajstić information content (AvgIpc) is 2.29. The van der Waals surface area contributed by atoms with Crippen molar-refractivity contribution in [3.05, 3.63) is 67.1 Å². The van der Waals surface area contributed by atoms with Crippen LogP contribution in [-0.2, 0) is 9.59 Å². The minimum atomic E-state index is -0.854. The quantitative estimate of drug-likeness (QED) is 0.512. The predicted octanol–water partition coefficient (Wildman–Crippen LogP) is 0.326. The molecule has 0 aromatic rings. The van der Waals surface area contributed by atoms with Crippen LogP contribution in [0.3, 0.4) is 0 Å². The second-order valence-electron chi connectivity index (χ2n) is 3.43. The molecule has 0 aliphatic heterocycles. The van der Waals surface area contributed by atoms with Crippen molar-refractivity contribution in [2.75, 3.05) is 0 Å². The molecular formula is C10H4N2O6. The Bertz CT molecular complexity index is 579. The lowest BCUT2D eigenvalue weighted by Crippen LogP contribution is -2.24. The van der Waals surface area contributed by atoms with Gasteiger partial charge >= 0.3 is 0 Å². The minimum Gasteiger partial charge on any atom is -0.289 e. The van der Waals surface area contributed by atoms with E-state index >= 15 is 0 Å². The summed E-state index contributed by atoms with van der Waals surface area (Å²) in [5.74, 6) is -1.58. The van der Waals surface area contributed by atoms with Crippen molar-refractivity contribution in [1.82, 2.24) is 0 Å². The Hall–Kier alpha value is -2.90. The summed E-state index contributed by atoms with van der Waals surface area (Å²) in [5.41, 5.74) is -2.28. The summed E-state index contributed by atoms with van der Waals surface area (Å²) in [4.78, 5) is 42.9. The number of fused-ring (bicyclic) bond motifs is 1. The van der Waals surface area contributed by atoms with Crippen molar-refractivity contribution in [3.8, 4) is 0 Å². The summed E-state index contributed by atoms with van der Waals surface area (Å²) in [6, 6.07) is 0. The van der Waals surface area contributed by atoms with Crippen LogP contribution in [0.4, 0.5) is 0 Å². The van der Waals surface area contributed by atoms with Crippen molar-refractivity contribution in [2.45, 2.75) is 0 Å². The van der Waals surface area contributed by atoms with Gasteiger partial charge in [-0.2, -0.15) is 0 Å². The molecule has 0 unspecified atom stereocenters. The van der Waals surface area contributed by atoms with Gasteiger partial charge < -0.3 is 0 Å². The van der Waals surface area contributed by atoms with Crippen LogP contribution in [0.5, 0.6) is 0 Å². The average molecular weight is 248 g/mol. The molecule has 0 spiro atoms. The summed E-state index contributed by atoms with van der Waals surface area (Å²) >= 11 is 0. The van der Waals surface area contributed by atoms with Gasteiger partial charge in [0.1, 0.15) is 11.1 Å². The van der Waals surface area contributed by atoms with Crippen LogP contribution >= 0.6 is 0 Å². The highest BCUT2D eigenvalue weighted by molar-refractivity contribution is 6.22. The zero-order valence-corrected chi connectivity index (χ0v) is 8.65. The Morgan fingerprint density at radius 1 is 0.722 bits per heavy atom. The number of rotatable bonds is 2. The molecule has 0 aromatic carbocycles. The Morgan fingerprint density at radius 3 is 1.33 bits per heavy atom. The summed E-state index contributed by atoms with van der Waals surface area (Å²) in [5, 5.41) is 21.5. The molecule has 0 amide bonds. The van der Waals surface area contributed by atoms with Crippen molar-refractivity contribution in [3.63, 3.8) is 0 Å². The van der Waals surface area contributed by atoms with E-state index in [9.17, 15) is 29.8 Å². The molecule has 0 aromatic heterocycles. The lowest BCUT2D eigenvalue weighted by molar-refractivity contribution is -0.422. The first kappa shape index (κ1) is 11.6. The zero-order chi connectivity index (χ0) is 13.4. The SMILES string of the molecule is O=C1C=CC([N+](=O)[O-])=C2C(=O)C=CC([N+](=O)[O-])=C12. The maximum absolute atomic E-state index is 11.6. The van der Waals surface area contributed by atoms with E-state index in [1.54, 1.807) is 0 Å². The van der Waals surface area contributed by atoms with E-state index < -0.39 is 44.0 Å². The molecule has 2 rings (SSSR count).